The van der Waals surface area contributed by atoms with Crippen LogP contribution in [-0.4, -0.2) is 18.2 Å². The summed E-state index contributed by atoms with van der Waals surface area (Å²) in [7, 11) is 1.67. The average molecular weight is 248 g/mol. The predicted molar refractivity (Wildman–Crippen MR) is 69.9 cm³/mol. The Hall–Kier alpha value is -1.51. The third kappa shape index (κ3) is 2.84. The van der Waals surface area contributed by atoms with Gasteiger partial charge in [-0.05, 0) is 36.3 Å². The van der Waals surface area contributed by atoms with E-state index in [0.29, 0.717) is 5.92 Å². The van der Waals surface area contributed by atoms with E-state index in [1.165, 1.54) is 12.0 Å². The molecule has 98 valence electrons. The molecular formula is C15H20O3. The number of carbonyl (C=O) groups is 1. The maximum Gasteiger partial charge on any atom is 0.303 e. The van der Waals surface area contributed by atoms with Crippen LogP contribution in [0.3, 0.4) is 0 Å². The summed E-state index contributed by atoms with van der Waals surface area (Å²) < 4.78 is 5.40. The van der Waals surface area contributed by atoms with Gasteiger partial charge in [-0.3, -0.25) is 4.79 Å². The fourth-order valence-corrected chi connectivity index (χ4v) is 3.06. The van der Waals surface area contributed by atoms with Crippen molar-refractivity contribution in [2.45, 2.75) is 38.0 Å². The van der Waals surface area contributed by atoms with Crippen LogP contribution in [-0.2, 0) is 4.79 Å². The van der Waals surface area contributed by atoms with E-state index >= 15 is 0 Å². The minimum absolute atomic E-state index is 0.243. The van der Waals surface area contributed by atoms with Crippen molar-refractivity contribution in [1.82, 2.24) is 0 Å². The first-order valence-corrected chi connectivity index (χ1v) is 6.57. The number of carboxylic acids is 1. The van der Waals surface area contributed by atoms with Gasteiger partial charge in [-0.2, -0.15) is 0 Å². The van der Waals surface area contributed by atoms with Gasteiger partial charge in [0.15, 0.2) is 0 Å². The first-order chi connectivity index (χ1) is 8.72. The molecule has 3 nitrogen and oxygen atoms in total. The summed E-state index contributed by atoms with van der Waals surface area (Å²) in [5.41, 5.74) is 1.17. The molecule has 1 aliphatic rings. The molecule has 0 saturated heterocycles. The lowest BCUT2D eigenvalue weighted by Crippen LogP contribution is -2.21. The van der Waals surface area contributed by atoms with Gasteiger partial charge in [0.2, 0.25) is 0 Å². The summed E-state index contributed by atoms with van der Waals surface area (Å²) in [4.78, 5) is 11.0. The molecule has 0 radical (unpaired) electrons. The topological polar surface area (TPSA) is 46.5 Å². The van der Waals surface area contributed by atoms with Crippen LogP contribution < -0.4 is 4.74 Å². The van der Waals surface area contributed by atoms with E-state index in [4.69, 9.17) is 9.84 Å². The first-order valence-electron chi connectivity index (χ1n) is 6.57. The molecule has 1 aromatic carbocycles. The monoisotopic (exact) mass is 248 g/mol. The number of aliphatic carboxylic acids is 1. The molecule has 1 saturated carbocycles. The van der Waals surface area contributed by atoms with Crippen LogP contribution in [0.2, 0.25) is 0 Å². The summed E-state index contributed by atoms with van der Waals surface area (Å²) in [5.74, 6) is 0.764. The summed E-state index contributed by atoms with van der Waals surface area (Å²) in [5, 5.41) is 9.03. The molecule has 0 aliphatic heterocycles. The average Bonchev–Trinajstić information content (AvgIpc) is 2.39. The van der Waals surface area contributed by atoms with E-state index in [1.807, 2.05) is 18.2 Å². The second-order valence-corrected chi connectivity index (χ2v) is 4.99. The van der Waals surface area contributed by atoms with Gasteiger partial charge in [0, 0.05) is 6.42 Å². The molecule has 0 heterocycles. The molecule has 3 heteroatoms. The fourth-order valence-electron chi connectivity index (χ4n) is 3.06. The molecule has 2 rings (SSSR count). The van der Waals surface area contributed by atoms with Gasteiger partial charge in [0.05, 0.1) is 7.11 Å². The third-order valence-corrected chi connectivity index (χ3v) is 3.88. The maximum absolute atomic E-state index is 11.0. The molecule has 0 unspecified atom stereocenters. The van der Waals surface area contributed by atoms with E-state index in [0.717, 1.165) is 25.0 Å². The highest BCUT2D eigenvalue weighted by atomic mass is 16.5. The van der Waals surface area contributed by atoms with Crippen LogP contribution >= 0.6 is 0 Å². The fraction of sp³-hybridized carbons (Fsp3) is 0.533. The Balaban J connectivity index is 2.24. The SMILES string of the molecule is COc1ccccc1[C@@H]1CCCC[C@@H]1CC(=O)O. The summed E-state index contributed by atoms with van der Waals surface area (Å²) in [6.45, 7) is 0. The van der Waals surface area contributed by atoms with E-state index in [1.54, 1.807) is 7.11 Å². The Labute approximate surface area is 108 Å². The molecule has 1 fully saturated rings. The molecule has 0 aromatic heterocycles. The Morgan fingerprint density at radius 2 is 2.06 bits per heavy atom. The third-order valence-electron chi connectivity index (χ3n) is 3.88. The van der Waals surface area contributed by atoms with Crippen molar-refractivity contribution in [2.75, 3.05) is 7.11 Å². The van der Waals surface area contributed by atoms with E-state index in [2.05, 4.69) is 6.07 Å². The smallest absolute Gasteiger partial charge is 0.303 e. The highest BCUT2D eigenvalue weighted by Crippen LogP contribution is 2.42. The number of methoxy groups -OCH3 is 1. The van der Waals surface area contributed by atoms with Gasteiger partial charge in [-0.15, -0.1) is 0 Å². The molecular weight excluding hydrogens is 228 g/mol. The van der Waals surface area contributed by atoms with Crippen molar-refractivity contribution in [3.63, 3.8) is 0 Å². The zero-order chi connectivity index (χ0) is 13.0. The normalized spacial score (nSPS) is 23.6. The van der Waals surface area contributed by atoms with Crippen molar-refractivity contribution < 1.29 is 14.6 Å². The molecule has 1 N–H and O–H groups in total. The van der Waals surface area contributed by atoms with Gasteiger partial charge < -0.3 is 9.84 Å². The van der Waals surface area contributed by atoms with E-state index in [9.17, 15) is 4.79 Å². The number of para-hydroxylation sites is 1. The maximum atomic E-state index is 11.0. The zero-order valence-electron chi connectivity index (χ0n) is 10.8. The van der Waals surface area contributed by atoms with Crippen molar-refractivity contribution in [1.29, 1.82) is 0 Å². The molecule has 2 atom stereocenters. The summed E-state index contributed by atoms with van der Waals surface area (Å²) >= 11 is 0. The molecule has 1 aliphatic carbocycles. The van der Waals surface area contributed by atoms with Gasteiger partial charge in [0.25, 0.3) is 0 Å². The van der Waals surface area contributed by atoms with Gasteiger partial charge in [0.1, 0.15) is 5.75 Å². The van der Waals surface area contributed by atoms with Crippen molar-refractivity contribution in [3.8, 4) is 5.75 Å². The Bertz CT molecular complexity index is 414. The predicted octanol–water partition coefficient (Wildman–Crippen LogP) is 3.44. The number of hydrogen-bond acceptors (Lipinski definition) is 2. The van der Waals surface area contributed by atoms with E-state index in [-0.39, 0.29) is 12.3 Å². The Morgan fingerprint density at radius 1 is 1.33 bits per heavy atom. The van der Waals surface area contributed by atoms with Crippen LogP contribution in [0, 0.1) is 5.92 Å². The molecule has 0 bridgehead atoms. The van der Waals surface area contributed by atoms with Crippen LogP contribution in [0.1, 0.15) is 43.6 Å². The number of rotatable bonds is 4. The second kappa shape index (κ2) is 5.89. The van der Waals surface area contributed by atoms with Gasteiger partial charge >= 0.3 is 5.97 Å². The standard InChI is InChI=1S/C15H20O3/c1-18-14-9-5-4-8-13(14)12-7-3-2-6-11(12)10-15(16)17/h4-5,8-9,11-12H,2-3,6-7,10H2,1H3,(H,16,17)/t11-,12-/m1/s1. The molecule has 0 spiro atoms. The van der Waals surface area contributed by atoms with Crippen molar-refractivity contribution >= 4 is 5.97 Å². The summed E-state index contributed by atoms with van der Waals surface area (Å²) in [6.07, 6.45) is 4.67. The summed E-state index contributed by atoms with van der Waals surface area (Å²) in [6, 6.07) is 7.99. The Kier molecular flexibility index (Phi) is 4.24. The van der Waals surface area contributed by atoms with Gasteiger partial charge in [-0.25, -0.2) is 0 Å². The Morgan fingerprint density at radius 3 is 2.78 bits per heavy atom. The van der Waals surface area contributed by atoms with Crippen LogP contribution in [0.15, 0.2) is 24.3 Å². The largest absolute Gasteiger partial charge is 0.496 e. The molecule has 18 heavy (non-hydrogen) atoms. The minimum atomic E-state index is -0.693. The lowest BCUT2D eigenvalue weighted by atomic mass is 9.74. The van der Waals surface area contributed by atoms with Crippen LogP contribution in [0.4, 0.5) is 0 Å². The lowest BCUT2D eigenvalue weighted by Gasteiger charge is -2.31. The number of carboxylic acid groups (broad SMARTS) is 1. The minimum Gasteiger partial charge on any atom is -0.496 e. The number of hydrogen-bond donors (Lipinski definition) is 1. The van der Waals surface area contributed by atoms with Crippen molar-refractivity contribution in [2.24, 2.45) is 5.92 Å². The quantitative estimate of drug-likeness (QED) is 0.887. The van der Waals surface area contributed by atoms with Gasteiger partial charge in [-0.1, -0.05) is 31.0 Å². The molecule has 1 aromatic rings. The van der Waals surface area contributed by atoms with Crippen molar-refractivity contribution in [3.05, 3.63) is 29.8 Å². The zero-order valence-corrected chi connectivity index (χ0v) is 10.8. The number of benzene rings is 1. The number of ether oxygens (including phenoxy) is 1. The second-order valence-electron chi connectivity index (χ2n) is 4.99. The first kappa shape index (κ1) is 12.9. The highest BCUT2D eigenvalue weighted by Gasteiger charge is 2.29. The highest BCUT2D eigenvalue weighted by molar-refractivity contribution is 5.67. The molecule has 0 amide bonds. The van der Waals surface area contributed by atoms with Crippen LogP contribution in [0.25, 0.3) is 0 Å². The van der Waals surface area contributed by atoms with Crippen LogP contribution in [0.5, 0.6) is 5.75 Å². The van der Waals surface area contributed by atoms with E-state index < -0.39 is 5.97 Å². The lowest BCUT2D eigenvalue weighted by molar-refractivity contribution is -0.138.